The molecule has 0 atom stereocenters. The lowest BCUT2D eigenvalue weighted by Gasteiger charge is -2.51. The average Bonchev–Trinajstić information content (AvgIpc) is 2.61. The number of alkyl halides is 3. The van der Waals surface area contributed by atoms with E-state index >= 15 is 0 Å². The number of hydrogen-bond acceptors (Lipinski definition) is 6. The summed E-state index contributed by atoms with van der Waals surface area (Å²) >= 11 is 0. The third-order valence-corrected chi connectivity index (χ3v) is 5.02. The summed E-state index contributed by atoms with van der Waals surface area (Å²) in [6.07, 6.45) is -1.68. The number of morpholine rings is 1. The van der Waals surface area contributed by atoms with Crippen molar-refractivity contribution in [2.45, 2.75) is 24.6 Å². The molecule has 0 unspecified atom stereocenters. The van der Waals surface area contributed by atoms with Gasteiger partial charge in [0.05, 0.1) is 19.8 Å². The van der Waals surface area contributed by atoms with E-state index in [9.17, 15) is 13.2 Å². The van der Waals surface area contributed by atoms with Crippen LogP contribution >= 0.6 is 0 Å². The fourth-order valence-corrected chi connectivity index (χ4v) is 3.56. The second-order valence-corrected chi connectivity index (χ2v) is 6.48. The molecule has 140 valence electrons. The molecule has 25 heavy (non-hydrogen) atoms. The zero-order chi connectivity index (χ0) is 17.9. The van der Waals surface area contributed by atoms with Gasteiger partial charge < -0.3 is 14.4 Å². The number of piperidine rings is 1. The summed E-state index contributed by atoms with van der Waals surface area (Å²) in [6.45, 7) is 4.90. The van der Waals surface area contributed by atoms with Gasteiger partial charge in [-0.3, -0.25) is 4.90 Å². The van der Waals surface area contributed by atoms with Gasteiger partial charge in [0.2, 0.25) is 5.95 Å². The molecule has 2 aliphatic heterocycles. The van der Waals surface area contributed by atoms with Crippen LogP contribution in [0.4, 0.5) is 19.1 Å². The summed E-state index contributed by atoms with van der Waals surface area (Å²) in [5, 5.41) is 0. The molecule has 0 aliphatic carbocycles. The largest absolute Gasteiger partial charge is 0.433 e. The van der Waals surface area contributed by atoms with Crippen molar-refractivity contribution in [3.05, 3.63) is 18.0 Å². The predicted molar refractivity (Wildman–Crippen MR) is 85.5 cm³/mol. The first kappa shape index (κ1) is 18.3. The highest BCUT2D eigenvalue weighted by Gasteiger charge is 2.42. The van der Waals surface area contributed by atoms with Crippen LogP contribution in [0.15, 0.2) is 12.3 Å². The number of anilines is 1. The highest BCUT2D eigenvalue weighted by Crippen LogP contribution is 2.33. The fourth-order valence-electron chi connectivity index (χ4n) is 3.56. The van der Waals surface area contributed by atoms with Gasteiger partial charge in [0.1, 0.15) is 5.69 Å². The van der Waals surface area contributed by atoms with Gasteiger partial charge in [0.15, 0.2) is 0 Å². The van der Waals surface area contributed by atoms with Gasteiger partial charge in [-0.25, -0.2) is 9.97 Å². The summed E-state index contributed by atoms with van der Waals surface area (Å²) in [5.74, 6) is 0.143. The van der Waals surface area contributed by atoms with E-state index in [2.05, 4.69) is 14.9 Å². The molecule has 1 spiro atoms. The number of nitrogens with zero attached hydrogens (tertiary/aromatic N) is 4. The van der Waals surface area contributed by atoms with Crippen LogP contribution in [0, 0.1) is 0 Å². The van der Waals surface area contributed by atoms with Gasteiger partial charge in [-0.2, -0.15) is 13.2 Å². The molecular formula is C16H23F3N4O2. The van der Waals surface area contributed by atoms with Crippen LogP contribution in [0.5, 0.6) is 0 Å². The molecule has 0 amide bonds. The number of aromatic nitrogens is 2. The second-order valence-electron chi connectivity index (χ2n) is 6.48. The molecular weight excluding hydrogens is 337 g/mol. The summed E-state index contributed by atoms with van der Waals surface area (Å²) < 4.78 is 49.4. The molecule has 9 heteroatoms. The van der Waals surface area contributed by atoms with Crippen LogP contribution in [0.1, 0.15) is 18.5 Å². The van der Waals surface area contributed by atoms with Crippen LogP contribution in [0.25, 0.3) is 0 Å². The van der Waals surface area contributed by atoms with E-state index in [1.807, 2.05) is 4.90 Å². The molecule has 1 aromatic heterocycles. The molecule has 0 N–H and O–H groups in total. The van der Waals surface area contributed by atoms with Gasteiger partial charge in [-0.1, -0.05) is 0 Å². The maximum atomic E-state index is 12.8. The molecule has 6 nitrogen and oxygen atoms in total. The predicted octanol–water partition coefficient (Wildman–Crippen LogP) is 1.81. The lowest BCUT2D eigenvalue weighted by atomic mass is 9.85. The Balaban J connectivity index is 1.68. The Morgan fingerprint density at radius 3 is 2.72 bits per heavy atom. The van der Waals surface area contributed by atoms with Gasteiger partial charge in [0, 0.05) is 45.0 Å². The molecule has 0 radical (unpaired) electrons. The van der Waals surface area contributed by atoms with Crippen LogP contribution in [-0.2, 0) is 15.7 Å². The van der Waals surface area contributed by atoms with Crippen molar-refractivity contribution in [2.24, 2.45) is 0 Å². The Morgan fingerprint density at radius 2 is 2.04 bits per heavy atom. The minimum atomic E-state index is -4.46. The maximum absolute atomic E-state index is 12.8. The molecule has 0 saturated carbocycles. The minimum absolute atomic E-state index is 0.0745. The van der Waals surface area contributed by atoms with Crippen LogP contribution in [0.2, 0.25) is 0 Å². The van der Waals surface area contributed by atoms with Crippen molar-refractivity contribution in [3.8, 4) is 0 Å². The van der Waals surface area contributed by atoms with Crippen molar-refractivity contribution in [3.63, 3.8) is 0 Å². The summed E-state index contributed by atoms with van der Waals surface area (Å²) in [5.41, 5.74) is -0.977. The SMILES string of the molecule is COCCN1CCOCC12CCN(c1nccc(C(F)(F)F)n1)CC2. The fraction of sp³-hybridized carbons (Fsp3) is 0.750. The maximum Gasteiger partial charge on any atom is 0.433 e. The number of methoxy groups -OCH3 is 1. The molecule has 0 bridgehead atoms. The molecule has 1 aromatic rings. The minimum Gasteiger partial charge on any atom is -0.383 e. The summed E-state index contributed by atoms with van der Waals surface area (Å²) in [4.78, 5) is 11.9. The molecule has 2 fully saturated rings. The van der Waals surface area contributed by atoms with E-state index in [1.165, 1.54) is 6.20 Å². The Hall–Kier alpha value is -1.45. The molecule has 0 aromatic carbocycles. The highest BCUT2D eigenvalue weighted by atomic mass is 19.4. The Morgan fingerprint density at radius 1 is 1.28 bits per heavy atom. The van der Waals surface area contributed by atoms with Gasteiger partial charge >= 0.3 is 6.18 Å². The number of halogens is 3. The lowest BCUT2D eigenvalue weighted by Crippen LogP contribution is -2.62. The first-order valence-electron chi connectivity index (χ1n) is 8.42. The lowest BCUT2D eigenvalue weighted by molar-refractivity contribution is -0.141. The number of hydrogen-bond donors (Lipinski definition) is 0. The Labute approximate surface area is 144 Å². The van der Waals surface area contributed by atoms with Gasteiger partial charge in [-0.15, -0.1) is 0 Å². The zero-order valence-electron chi connectivity index (χ0n) is 14.3. The van der Waals surface area contributed by atoms with Crippen LogP contribution in [-0.4, -0.2) is 73.5 Å². The molecule has 2 aliphatic rings. The molecule has 2 saturated heterocycles. The molecule has 3 heterocycles. The molecule has 3 rings (SSSR count). The van der Waals surface area contributed by atoms with Crippen molar-refractivity contribution in [2.75, 3.05) is 58.0 Å². The normalized spacial score (nSPS) is 21.7. The van der Waals surface area contributed by atoms with E-state index < -0.39 is 11.9 Å². The first-order chi connectivity index (χ1) is 11.9. The number of ether oxygens (including phenoxy) is 2. The van der Waals surface area contributed by atoms with Crippen LogP contribution in [0.3, 0.4) is 0 Å². The van der Waals surface area contributed by atoms with Crippen molar-refractivity contribution < 1.29 is 22.6 Å². The third-order valence-electron chi connectivity index (χ3n) is 5.02. The van der Waals surface area contributed by atoms with E-state index in [0.29, 0.717) is 32.9 Å². The quantitative estimate of drug-likeness (QED) is 0.816. The summed E-state index contributed by atoms with van der Waals surface area (Å²) in [7, 11) is 1.68. The highest BCUT2D eigenvalue weighted by molar-refractivity contribution is 5.32. The summed E-state index contributed by atoms with van der Waals surface area (Å²) in [6, 6.07) is 0.899. The van der Waals surface area contributed by atoms with Gasteiger partial charge in [-0.05, 0) is 18.9 Å². The topological polar surface area (TPSA) is 50.7 Å². The van der Waals surface area contributed by atoms with E-state index in [0.717, 1.165) is 32.0 Å². The van der Waals surface area contributed by atoms with Gasteiger partial charge in [0.25, 0.3) is 0 Å². The third kappa shape index (κ3) is 4.04. The first-order valence-corrected chi connectivity index (χ1v) is 8.42. The average molecular weight is 360 g/mol. The van der Waals surface area contributed by atoms with Crippen molar-refractivity contribution in [1.82, 2.24) is 14.9 Å². The van der Waals surface area contributed by atoms with E-state index in [4.69, 9.17) is 9.47 Å². The standard InChI is InChI=1S/C16H23F3N4O2/c1-24-10-8-23-9-11-25-12-15(23)3-6-22(7-4-15)14-20-5-2-13(21-14)16(17,18)19/h2,5H,3-4,6-12H2,1H3. The second kappa shape index (κ2) is 7.43. The Bertz CT molecular complexity index is 577. The van der Waals surface area contributed by atoms with Crippen molar-refractivity contribution in [1.29, 1.82) is 0 Å². The zero-order valence-corrected chi connectivity index (χ0v) is 14.3. The smallest absolute Gasteiger partial charge is 0.383 e. The van der Waals surface area contributed by atoms with Crippen LogP contribution < -0.4 is 4.90 Å². The Kier molecular flexibility index (Phi) is 5.45. The van der Waals surface area contributed by atoms with E-state index in [1.54, 1.807) is 7.11 Å². The van der Waals surface area contributed by atoms with E-state index in [-0.39, 0.29) is 11.5 Å². The number of rotatable bonds is 4. The monoisotopic (exact) mass is 360 g/mol. The van der Waals surface area contributed by atoms with Crippen molar-refractivity contribution >= 4 is 5.95 Å².